The summed E-state index contributed by atoms with van der Waals surface area (Å²) in [6.07, 6.45) is -5.55. The van der Waals surface area contributed by atoms with E-state index in [0.29, 0.717) is 25.4 Å². The maximum absolute atomic E-state index is 13.8. The topological polar surface area (TPSA) is 52.0 Å². The Bertz CT molecular complexity index is 1180. The molecule has 0 aliphatic carbocycles. The largest absolute Gasteiger partial charge is 0.416 e. The van der Waals surface area contributed by atoms with Crippen molar-refractivity contribution in [2.45, 2.75) is 56.4 Å². The number of likely N-dealkylation sites (tertiary alicyclic amines) is 1. The maximum Gasteiger partial charge on any atom is 0.416 e. The normalized spacial score (nSPS) is 23.5. The summed E-state index contributed by atoms with van der Waals surface area (Å²) in [6, 6.07) is 10.3. The molecule has 6 nitrogen and oxygen atoms in total. The number of piperidine rings is 1. The number of alkyl halides is 6. The standard InChI is InChI=1S/C30H37F6N5O/c1-38(13-10-21-18-23(29(31,32)33)20-24(19-21)30(34,35)36)28(42)25(22-8-4-2-5-9-22)39-14-16-41(17-15-39)27-26(37-27)40-11-6-3-7-12-40/h2,4-5,8-9,18-20,25-27,37H,3,6-7,10-17H2,1H3. The first-order valence-corrected chi connectivity index (χ1v) is 14.5. The number of benzene rings is 2. The van der Waals surface area contributed by atoms with Crippen LogP contribution in [0, 0.1) is 0 Å². The molecule has 42 heavy (non-hydrogen) atoms. The molecule has 0 aromatic heterocycles. The van der Waals surface area contributed by atoms with E-state index in [1.54, 1.807) is 7.05 Å². The molecule has 0 bridgehead atoms. The van der Waals surface area contributed by atoms with Crippen LogP contribution < -0.4 is 5.32 Å². The lowest BCUT2D eigenvalue weighted by Crippen LogP contribution is -2.53. The molecule has 0 radical (unpaired) electrons. The second kappa shape index (κ2) is 12.5. The van der Waals surface area contributed by atoms with E-state index < -0.39 is 29.5 Å². The minimum atomic E-state index is -4.91. The summed E-state index contributed by atoms with van der Waals surface area (Å²) >= 11 is 0. The summed E-state index contributed by atoms with van der Waals surface area (Å²) in [7, 11) is 1.55. The molecule has 0 spiro atoms. The molecule has 0 saturated carbocycles. The van der Waals surface area contributed by atoms with Crippen molar-refractivity contribution in [3.8, 4) is 0 Å². The van der Waals surface area contributed by atoms with Crippen LogP contribution in [0.4, 0.5) is 26.3 Å². The molecular weight excluding hydrogens is 560 g/mol. The lowest BCUT2D eigenvalue weighted by molar-refractivity contribution is -0.143. The molecule has 3 fully saturated rings. The zero-order valence-corrected chi connectivity index (χ0v) is 23.6. The van der Waals surface area contributed by atoms with Crippen LogP contribution in [0.15, 0.2) is 48.5 Å². The number of rotatable bonds is 8. The van der Waals surface area contributed by atoms with Crippen molar-refractivity contribution in [1.29, 1.82) is 0 Å². The summed E-state index contributed by atoms with van der Waals surface area (Å²) in [5.41, 5.74) is -2.03. The first-order chi connectivity index (χ1) is 19.9. The van der Waals surface area contributed by atoms with Crippen molar-refractivity contribution in [1.82, 2.24) is 24.9 Å². The summed E-state index contributed by atoms with van der Waals surface area (Å²) in [5, 5.41) is 3.60. The van der Waals surface area contributed by atoms with E-state index in [1.807, 2.05) is 30.3 Å². The van der Waals surface area contributed by atoms with E-state index in [1.165, 1.54) is 24.2 Å². The van der Waals surface area contributed by atoms with Gasteiger partial charge in [0.05, 0.1) is 23.5 Å². The van der Waals surface area contributed by atoms with E-state index in [0.717, 1.165) is 43.9 Å². The smallest absolute Gasteiger partial charge is 0.344 e. The van der Waals surface area contributed by atoms with Gasteiger partial charge >= 0.3 is 12.4 Å². The zero-order valence-electron chi connectivity index (χ0n) is 23.6. The quantitative estimate of drug-likeness (QED) is 0.349. The van der Waals surface area contributed by atoms with Gasteiger partial charge in [0.2, 0.25) is 5.91 Å². The molecule has 3 aliphatic heterocycles. The van der Waals surface area contributed by atoms with Crippen molar-refractivity contribution in [2.75, 3.05) is 52.9 Å². The van der Waals surface area contributed by atoms with E-state index in [4.69, 9.17) is 0 Å². The molecule has 3 atom stereocenters. The first-order valence-electron chi connectivity index (χ1n) is 14.5. The number of hydrogen-bond donors (Lipinski definition) is 1. The third kappa shape index (κ3) is 7.27. The van der Waals surface area contributed by atoms with Gasteiger partial charge < -0.3 is 4.90 Å². The molecule has 1 amide bonds. The molecular formula is C30H37F6N5O. The van der Waals surface area contributed by atoms with E-state index in [-0.39, 0.29) is 30.5 Å². The number of nitrogens with zero attached hydrogens (tertiary/aromatic N) is 4. The van der Waals surface area contributed by atoms with E-state index >= 15 is 0 Å². The predicted octanol–water partition coefficient (Wildman–Crippen LogP) is 4.83. The second-order valence-electron chi connectivity index (χ2n) is 11.5. The van der Waals surface area contributed by atoms with Crippen LogP contribution in [-0.4, -0.2) is 90.7 Å². The molecule has 3 aliphatic rings. The Balaban J connectivity index is 1.24. The Labute approximate surface area is 242 Å². The monoisotopic (exact) mass is 597 g/mol. The van der Waals surface area contributed by atoms with Crippen molar-refractivity contribution in [3.63, 3.8) is 0 Å². The number of carbonyl (C=O) groups is 1. The van der Waals surface area contributed by atoms with Crippen molar-refractivity contribution >= 4 is 5.91 Å². The Morgan fingerprint density at radius 2 is 1.38 bits per heavy atom. The van der Waals surface area contributed by atoms with Gasteiger partial charge in [0.15, 0.2) is 0 Å². The summed E-state index contributed by atoms with van der Waals surface area (Å²) in [5.74, 6) is -0.242. The van der Waals surface area contributed by atoms with Crippen molar-refractivity contribution < 1.29 is 31.1 Å². The van der Waals surface area contributed by atoms with Crippen LogP contribution in [0.3, 0.4) is 0 Å². The Hall–Kier alpha value is -2.67. The molecule has 12 heteroatoms. The average Bonchev–Trinajstić information content (AvgIpc) is 3.77. The van der Waals surface area contributed by atoms with Crippen LogP contribution >= 0.6 is 0 Å². The van der Waals surface area contributed by atoms with Crippen molar-refractivity contribution in [2.24, 2.45) is 0 Å². The minimum absolute atomic E-state index is 0.0236. The Morgan fingerprint density at radius 3 is 1.93 bits per heavy atom. The number of likely N-dealkylation sites (N-methyl/N-ethyl adjacent to an activating group) is 1. The third-order valence-corrected chi connectivity index (χ3v) is 8.53. The number of nitrogens with one attached hydrogen (secondary N) is 1. The predicted molar refractivity (Wildman–Crippen MR) is 146 cm³/mol. The SMILES string of the molecule is CN(CCc1cc(C(F)(F)F)cc(C(F)(F)F)c1)C(=O)C(c1ccccc1)N1CCN(C2NC2N2CCCCC2)CC1. The number of amides is 1. The molecule has 1 N–H and O–H groups in total. The number of halogens is 6. The van der Waals surface area contributed by atoms with E-state index in [9.17, 15) is 31.1 Å². The molecule has 5 rings (SSSR count). The highest BCUT2D eigenvalue weighted by Crippen LogP contribution is 2.36. The number of carbonyl (C=O) groups excluding carboxylic acids is 1. The highest BCUT2D eigenvalue weighted by Gasteiger charge is 2.46. The Kier molecular flexibility index (Phi) is 9.17. The van der Waals surface area contributed by atoms with Crippen molar-refractivity contribution in [3.05, 3.63) is 70.8 Å². The lowest BCUT2D eigenvalue weighted by Gasteiger charge is -2.40. The second-order valence-corrected chi connectivity index (χ2v) is 11.5. The zero-order chi connectivity index (χ0) is 30.1. The van der Waals surface area contributed by atoms with Crippen LogP contribution in [0.25, 0.3) is 0 Å². The highest BCUT2D eigenvalue weighted by atomic mass is 19.4. The van der Waals surface area contributed by atoms with Crippen LogP contribution in [-0.2, 0) is 23.6 Å². The summed E-state index contributed by atoms with van der Waals surface area (Å²) in [6.45, 7) is 5.09. The van der Waals surface area contributed by atoms with Crippen LogP contribution in [0.1, 0.15) is 47.6 Å². The molecule has 3 unspecified atom stereocenters. The molecule has 2 aromatic carbocycles. The van der Waals surface area contributed by atoms with Gasteiger partial charge in [-0.25, -0.2) is 0 Å². The number of piperazine rings is 1. The minimum Gasteiger partial charge on any atom is -0.344 e. The molecule has 3 saturated heterocycles. The van der Waals surface area contributed by atoms with Gasteiger partial charge in [0, 0.05) is 39.8 Å². The van der Waals surface area contributed by atoms with E-state index in [2.05, 4.69) is 20.0 Å². The van der Waals surface area contributed by atoms with Gasteiger partial charge in [0.25, 0.3) is 0 Å². The van der Waals surface area contributed by atoms with Gasteiger partial charge in [0.1, 0.15) is 6.04 Å². The third-order valence-electron chi connectivity index (χ3n) is 8.53. The molecule has 2 aromatic rings. The molecule has 230 valence electrons. The van der Waals surface area contributed by atoms with Gasteiger partial charge in [-0.15, -0.1) is 0 Å². The lowest BCUT2D eigenvalue weighted by atomic mass is 10.0. The van der Waals surface area contributed by atoms with Gasteiger partial charge in [-0.3, -0.25) is 24.8 Å². The Morgan fingerprint density at radius 1 is 0.833 bits per heavy atom. The maximum atomic E-state index is 13.8. The fourth-order valence-electron chi connectivity index (χ4n) is 6.12. The molecule has 3 heterocycles. The highest BCUT2D eigenvalue weighted by molar-refractivity contribution is 5.83. The van der Waals surface area contributed by atoms with Gasteiger partial charge in [-0.05, 0) is 61.7 Å². The van der Waals surface area contributed by atoms with Crippen LogP contribution in [0.5, 0.6) is 0 Å². The fraction of sp³-hybridized carbons (Fsp3) is 0.567. The first kappa shape index (κ1) is 30.8. The number of hydrogen-bond acceptors (Lipinski definition) is 5. The van der Waals surface area contributed by atoms with Gasteiger partial charge in [-0.1, -0.05) is 36.8 Å². The average molecular weight is 598 g/mol. The summed E-state index contributed by atoms with van der Waals surface area (Å²) in [4.78, 5) is 22.2. The van der Waals surface area contributed by atoms with Crippen LogP contribution in [0.2, 0.25) is 0 Å². The fourth-order valence-corrected chi connectivity index (χ4v) is 6.12. The summed E-state index contributed by atoms with van der Waals surface area (Å²) < 4.78 is 79.9. The van der Waals surface area contributed by atoms with Gasteiger partial charge in [-0.2, -0.15) is 26.3 Å².